The number of rotatable bonds is 71. The summed E-state index contributed by atoms with van der Waals surface area (Å²) in [6.07, 6.45) is 89.7. The van der Waals surface area contributed by atoms with Crippen molar-refractivity contribution in [2.75, 3.05) is 13.2 Å². The largest absolute Gasteiger partial charge is 0.394 e. The number of hydrogen-bond donors (Lipinski definition) is 6. The highest BCUT2D eigenvalue weighted by Gasteiger charge is 2.44. The minimum atomic E-state index is -1.57. The molecule has 7 unspecified atom stereocenters. The summed E-state index contributed by atoms with van der Waals surface area (Å²) in [5.74, 6) is -0.168. The summed E-state index contributed by atoms with van der Waals surface area (Å²) in [6, 6.07) is -0.805. The Kier molecular flexibility index (Phi) is 67.0. The predicted octanol–water partition coefficient (Wildman–Crippen LogP) is 22.7. The van der Waals surface area contributed by atoms with Crippen LogP contribution in [-0.2, 0) is 14.3 Å². The van der Waals surface area contributed by atoms with Gasteiger partial charge in [0.15, 0.2) is 6.29 Å². The van der Waals surface area contributed by atoms with Crippen molar-refractivity contribution in [1.82, 2.24) is 5.32 Å². The third-order valence-electron chi connectivity index (χ3n) is 19.1. The van der Waals surface area contributed by atoms with Gasteiger partial charge in [-0.25, -0.2) is 0 Å². The van der Waals surface area contributed by atoms with Crippen LogP contribution in [0, 0.1) is 0 Å². The van der Waals surface area contributed by atoms with E-state index in [-0.39, 0.29) is 12.5 Å². The van der Waals surface area contributed by atoms with Crippen LogP contribution >= 0.6 is 0 Å². The average Bonchev–Trinajstić information content (AvgIpc) is 1.28. The number of carbonyl (C=O) groups is 1. The first kappa shape index (κ1) is 86.2. The van der Waals surface area contributed by atoms with Crippen molar-refractivity contribution in [3.8, 4) is 0 Å². The van der Waals surface area contributed by atoms with E-state index in [2.05, 4.69) is 55.6 Å². The average molecular weight is 1270 g/mol. The second-order valence-corrected chi connectivity index (χ2v) is 27.9. The normalized spacial score (nSPS) is 18.0. The zero-order valence-corrected chi connectivity index (χ0v) is 59.7. The SMILES string of the molecule is CCCCCCC/C=C\C/C=C\C/C=C\CCCCCCCCCCCCCCCCCCCCCCCCCCCCC(=O)NC(COC1OC(CO)C(O)C(O)C1O)C(O)/C=C/CCCCCCCCCCCCCCCCCCCCCCCCCC. The Balaban J connectivity index is 2.04. The van der Waals surface area contributed by atoms with Crippen molar-refractivity contribution in [3.05, 3.63) is 48.6 Å². The van der Waals surface area contributed by atoms with E-state index in [1.54, 1.807) is 6.08 Å². The Morgan fingerprint density at radius 3 is 0.967 bits per heavy atom. The highest BCUT2D eigenvalue weighted by atomic mass is 16.7. The minimum absolute atomic E-state index is 0.168. The topological polar surface area (TPSA) is 149 Å². The molecule has 0 aromatic carbocycles. The van der Waals surface area contributed by atoms with E-state index in [1.165, 1.54) is 334 Å². The number of aliphatic hydroxyl groups excluding tert-OH is 5. The van der Waals surface area contributed by atoms with Gasteiger partial charge >= 0.3 is 0 Å². The van der Waals surface area contributed by atoms with Crippen LogP contribution in [0.25, 0.3) is 0 Å². The molecule has 0 aromatic heterocycles. The molecular formula is C81H153NO8. The third-order valence-corrected chi connectivity index (χ3v) is 19.1. The van der Waals surface area contributed by atoms with Crippen LogP contribution in [0.5, 0.6) is 0 Å². The molecule has 0 aromatic rings. The van der Waals surface area contributed by atoms with E-state index in [0.717, 1.165) is 51.4 Å². The van der Waals surface area contributed by atoms with Crippen LogP contribution < -0.4 is 5.32 Å². The predicted molar refractivity (Wildman–Crippen MR) is 387 cm³/mol. The molecule has 0 spiro atoms. The summed E-state index contributed by atoms with van der Waals surface area (Å²) in [5.41, 5.74) is 0. The summed E-state index contributed by atoms with van der Waals surface area (Å²) in [6.45, 7) is 3.83. The fraction of sp³-hybridized carbons (Fsp3) is 0.889. The number of amides is 1. The molecule has 0 aliphatic carbocycles. The number of nitrogens with one attached hydrogen (secondary N) is 1. The van der Waals surface area contributed by atoms with Crippen LogP contribution in [0.2, 0.25) is 0 Å². The molecule has 530 valence electrons. The van der Waals surface area contributed by atoms with Crippen LogP contribution in [0.3, 0.4) is 0 Å². The third kappa shape index (κ3) is 57.6. The molecule has 1 aliphatic heterocycles. The van der Waals surface area contributed by atoms with Gasteiger partial charge in [0.25, 0.3) is 0 Å². The first-order valence-corrected chi connectivity index (χ1v) is 39.9. The molecular weight excluding hydrogens is 1110 g/mol. The number of carbonyl (C=O) groups excluding carboxylic acids is 1. The smallest absolute Gasteiger partial charge is 0.220 e. The Hall–Kier alpha value is -1.85. The highest BCUT2D eigenvalue weighted by Crippen LogP contribution is 2.24. The molecule has 9 heteroatoms. The number of hydrogen-bond acceptors (Lipinski definition) is 8. The van der Waals surface area contributed by atoms with Gasteiger partial charge in [0.05, 0.1) is 25.4 Å². The molecule has 1 fully saturated rings. The minimum Gasteiger partial charge on any atom is -0.394 e. The van der Waals surface area contributed by atoms with Crippen LogP contribution in [0.1, 0.15) is 406 Å². The van der Waals surface area contributed by atoms with Gasteiger partial charge in [0.1, 0.15) is 24.4 Å². The number of ether oxygens (including phenoxy) is 2. The molecule has 1 amide bonds. The zero-order chi connectivity index (χ0) is 64.9. The lowest BCUT2D eigenvalue weighted by atomic mass is 9.99. The number of allylic oxidation sites excluding steroid dienone is 7. The summed E-state index contributed by atoms with van der Waals surface area (Å²) in [4.78, 5) is 13.2. The fourth-order valence-electron chi connectivity index (χ4n) is 12.9. The molecule has 7 atom stereocenters. The lowest BCUT2D eigenvalue weighted by Crippen LogP contribution is -2.60. The molecule has 1 heterocycles. The molecule has 0 radical (unpaired) electrons. The summed E-state index contributed by atoms with van der Waals surface area (Å²) < 4.78 is 11.3. The quantitative estimate of drug-likeness (QED) is 0.0261. The van der Waals surface area contributed by atoms with Gasteiger partial charge in [-0.1, -0.05) is 390 Å². The van der Waals surface area contributed by atoms with Gasteiger partial charge < -0.3 is 40.3 Å². The maximum absolute atomic E-state index is 13.2. The Bertz CT molecular complexity index is 1570. The van der Waals surface area contributed by atoms with Gasteiger partial charge in [-0.05, 0) is 57.8 Å². The lowest BCUT2D eigenvalue weighted by Gasteiger charge is -2.40. The van der Waals surface area contributed by atoms with Crippen molar-refractivity contribution in [3.63, 3.8) is 0 Å². The summed E-state index contributed by atoms with van der Waals surface area (Å²) in [5, 5.41) is 54.9. The maximum Gasteiger partial charge on any atom is 0.220 e. The summed E-state index contributed by atoms with van der Waals surface area (Å²) in [7, 11) is 0. The first-order valence-electron chi connectivity index (χ1n) is 39.9. The lowest BCUT2D eigenvalue weighted by molar-refractivity contribution is -0.302. The molecule has 9 nitrogen and oxygen atoms in total. The van der Waals surface area contributed by atoms with Gasteiger partial charge in [-0.15, -0.1) is 0 Å². The zero-order valence-electron chi connectivity index (χ0n) is 59.7. The van der Waals surface area contributed by atoms with Gasteiger partial charge in [-0.3, -0.25) is 4.79 Å². The monoisotopic (exact) mass is 1270 g/mol. The second-order valence-electron chi connectivity index (χ2n) is 27.9. The van der Waals surface area contributed by atoms with E-state index < -0.39 is 49.5 Å². The molecule has 0 bridgehead atoms. The standard InChI is InChI=1S/C81H153NO8/c1-3-5-7-9-11-13-15-17-19-21-23-25-27-29-31-32-33-34-35-36-37-38-39-40-41-42-43-44-45-47-49-51-53-55-57-59-61-63-65-67-69-71-77(85)82-74(73-89-81-80(88)79(87)78(86)76(72-83)90-81)75(84)70-68-66-64-62-60-58-56-54-52-50-48-46-30-28-26-24-22-20-18-16-14-12-10-8-6-4-2/h15,17,21,23,27,29,68,70,74-76,78-81,83-84,86-88H,3-14,16,18-20,22,24-26,28,30-67,69,71-73H2,1-2H3,(H,82,85)/b17-15-,23-21-,29-27-,70-68+. The molecule has 1 rings (SSSR count). The van der Waals surface area contributed by atoms with E-state index >= 15 is 0 Å². The molecule has 6 N–H and O–H groups in total. The van der Waals surface area contributed by atoms with Crippen LogP contribution in [0.4, 0.5) is 0 Å². The maximum atomic E-state index is 13.2. The van der Waals surface area contributed by atoms with E-state index in [0.29, 0.717) is 6.42 Å². The number of aliphatic hydroxyl groups is 5. The Labute approximate surface area is 558 Å². The van der Waals surface area contributed by atoms with Gasteiger partial charge in [0.2, 0.25) is 5.91 Å². The van der Waals surface area contributed by atoms with Crippen molar-refractivity contribution in [2.24, 2.45) is 0 Å². The van der Waals surface area contributed by atoms with Gasteiger partial charge in [-0.2, -0.15) is 0 Å². The van der Waals surface area contributed by atoms with Crippen LogP contribution in [-0.4, -0.2) is 87.5 Å². The molecule has 1 aliphatic rings. The van der Waals surface area contributed by atoms with Gasteiger partial charge in [0, 0.05) is 6.42 Å². The first-order chi connectivity index (χ1) is 44.3. The second kappa shape index (κ2) is 70.0. The van der Waals surface area contributed by atoms with Crippen LogP contribution in [0.15, 0.2) is 48.6 Å². The van der Waals surface area contributed by atoms with E-state index in [9.17, 15) is 30.3 Å². The Morgan fingerprint density at radius 1 is 0.378 bits per heavy atom. The molecule has 1 saturated heterocycles. The van der Waals surface area contributed by atoms with Crippen molar-refractivity contribution in [1.29, 1.82) is 0 Å². The molecule has 90 heavy (non-hydrogen) atoms. The van der Waals surface area contributed by atoms with Crippen molar-refractivity contribution in [2.45, 2.75) is 448 Å². The number of unbranched alkanes of at least 4 members (excludes halogenated alkanes) is 55. The van der Waals surface area contributed by atoms with E-state index in [1.807, 2.05) is 6.08 Å². The Morgan fingerprint density at radius 2 is 0.656 bits per heavy atom. The molecule has 0 saturated carbocycles. The van der Waals surface area contributed by atoms with Crippen molar-refractivity contribution < 1.29 is 39.8 Å². The highest BCUT2D eigenvalue weighted by molar-refractivity contribution is 5.76. The van der Waals surface area contributed by atoms with Crippen molar-refractivity contribution >= 4 is 5.91 Å². The fourth-order valence-corrected chi connectivity index (χ4v) is 12.9. The van der Waals surface area contributed by atoms with E-state index in [4.69, 9.17) is 9.47 Å². The summed E-state index contributed by atoms with van der Waals surface area (Å²) >= 11 is 0.